The van der Waals surface area contributed by atoms with E-state index in [-0.39, 0.29) is 34.5 Å². The number of phenolic OH excluding ortho intramolecular Hbond substituents is 1. The number of amides is 4. The number of carbonyl (C=O) groups is 3. The highest BCUT2D eigenvalue weighted by molar-refractivity contribution is 6.05. The molecule has 4 amide bonds. The lowest BCUT2D eigenvalue weighted by Gasteiger charge is -2.38. The molecule has 2 saturated heterocycles. The Balaban J connectivity index is 1.36. The van der Waals surface area contributed by atoms with Gasteiger partial charge in [0, 0.05) is 62.7 Å². The number of benzene rings is 2. The van der Waals surface area contributed by atoms with E-state index in [9.17, 15) is 28.3 Å². The molecule has 0 atom stereocenters. The number of hydrogen-bond acceptors (Lipinski definition) is 4. The molecule has 2 heterocycles. The molecule has 180 valence electrons. The summed E-state index contributed by atoms with van der Waals surface area (Å²) < 4.78 is 26.7. The molecule has 2 aromatic rings. The molecule has 0 aromatic heterocycles. The van der Waals surface area contributed by atoms with Crippen molar-refractivity contribution < 1.29 is 28.3 Å². The van der Waals surface area contributed by atoms with Gasteiger partial charge < -0.3 is 25.1 Å². The molecule has 0 radical (unpaired) electrons. The molecule has 2 aliphatic rings. The monoisotopic (exact) mass is 472 g/mol. The minimum absolute atomic E-state index is 0.00733. The molecular weight excluding hydrogens is 446 g/mol. The molecule has 34 heavy (non-hydrogen) atoms. The third kappa shape index (κ3) is 5.27. The summed E-state index contributed by atoms with van der Waals surface area (Å²) in [5.41, 5.74) is 0.0142. The summed E-state index contributed by atoms with van der Waals surface area (Å²) in [4.78, 5) is 43.0. The topological polar surface area (TPSA) is 93.2 Å². The zero-order valence-electron chi connectivity index (χ0n) is 18.6. The summed E-state index contributed by atoms with van der Waals surface area (Å²) in [6.45, 7) is 3.06. The van der Waals surface area contributed by atoms with Crippen LogP contribution in [0.4, 0.5) is 19.3 Å². The van der Waals surface area contributed by atoms with Crippen molar-refractivity contribution in [2.75, 3.05) is 44.6 Å². The quantitative estimate of drug-likeness (QED) is 0.717. The van der Waals surface area contributed by atoms with Crippen molar-refractivity contribution in [2.24, 2.45) is 0 Å². The van der Waals surface area contributed by atoms with Gasteiger partial charge in [-0.15, -0.1) is 0 Å². The second kappa shape index (κ2) is 10.1. The van der Waals surface area contributed by atoms with Crippen molar-refractivity contribution in [3.05, 3.63) is 59.2 Å². The summed E-state index contributed by atoms with van der Waals surface area (Å²) in [5, 5.41) is 12.8. The van der Waals surface area contributed by atoms with Crippen LogP contribution >= 0.6 is 0 Å². The van der Waals surface area contributed by atoms with Crippen LogP contribution in [0.1, 0.15) is 40.0 Å². The maximum Gasteiger partial charge on any atom is 0.320 e. The maximum atomic E-state index is 13.3. The number of phenols is 1. The van der Waals surface area contributed by atoms with Crippen LogP contribution in [0, 0.1) is 11.6 Å². The van der Waals surface area contributed by atoms with Crippen molar-refractivity contribution >= 4 is 23.5 Å². The number of nitrogens with one attached hydrogen (secondary N) is 1. The molecule has 4 rings (SSSR count). The van der Waals surface area contributed by atoms with Gasteiger partial charge >= 0.3 is 6.03 Å². The second-order valence-corrected chi connectivity index (χ2v) is 8.45. The van der Waals surface area contributed by atoms with E-state index in [0.717, 1.165) is 44.5 Å². The van der Waals surface area contributed by atoms with Gasteiger partial charge in [0.2, 0.25) is 0 Å². The first-order chi connectivity index (χ1) is 16.3. The third-order valence-electron chi connectivity index (χ3n) is 6.07. The minimum Gasteiger partial charge on any atom is -0.507 e. The van der Waals surface area contributed by atoms with Gasteiger partial charge in [0.05, 0.1) is 5.56 Å². The number of carbonyl (C=O) groups excluding carboxylic acids is 3. The van der Waals surface area contributed by atoms with Crippen LogP contribution < -0.4 is 5.32 Å². The molecular formula is C24H26F2N4O4. The average Bonchev–Trinajstić information content (AvgIpc) is 2.83. The van der Waals surface area contributed by atoms with Crippen LogP contribution in [-0.2, 0) is 0 Å². The van der Waals surface area contributed by atoms with E-state index in [0.29, 0.717) is 32.2 Å². The van der Waals surface area contributed by atoms with E-state index in [4.69, 9.17) is 0 Å². The Morgan fingerprint density at radius 1 is 0.765 bits per heavy atom. The summed E-state index contributed by atoms with van der Waals surface area (Å²) >= 11 is 0. The summed E-state index contributed by atoms with van der Waals surface area (Å²) in [6.07, 6.45) is 3.17. The first kappa shape index (κ1) is 23.5. The fraction of sp³-hybridized carbons (Fsp3) is 0.375. The number of aromatic hydroxyl groups is 1. The Morgan fingerprint density at radius 2 is 1.35 bits per heavy atom. The number of halogens is 2. The molecule has 0 bridgehead atoms. The Kier molecular flexibility index (Phi) is 6.95. The van der Waals surface area contributed by atoms with Crippen LogP contribution in [0.3, 0.4) is 0 Å². The van der Waals surface area contributed by atoms with Gasteiger partial charge in [-0.3, -0.25) is 9.59 Å². The van der Waals surface area contributed by atoms with E-state index in [1.54, 1.807) is 9.80 Å². The fourth-order valence-corrected chi connectivity index (χ4v) is 4.23. The Hall–Kier alpha value is -3.69. The molecule has 10 heteroatoms. The van der Waals surface area contributed by atoms with Gasteiger partial charge in [0.15, 0.2) is 0 Å². The van der Waals surface area contributed by atoms with Gasteiger partial charge in [-0.1, -0.05) is 0 Å². The molecule has 0 aliphatic carbocycles. The highest BCUT2D eigenvalue weighted by Crippen LogP contribution is 2.25. The van der Waals surface area contributed by atoms with E-state index in [1.165, 1.54) is 18.2 Å². The van der Waals surface area contributed by atoms with E-state index < -0.39 is 17.5 Å². The SMILES string of the molecule is O=C(Nc1ccc(C(=O)N2CCN(C(=O)N3CCCCC3)CC2)c(O)c1)c1cc(F)cc(F)c1. The first-order valence-electron chi connectivity index (χ1n) is 11.3. The van der Waals surface area contributed by atoms with E-state index in [2.05, 4.69) is 5.32 Å². The number of urea groups is 1. The third-order valence-corrected chi connectivity index (χ3v) is 6.07. The molecule has 0 saturated carbocycles. The number of piperazine rings is 1. The Bertz CT molecular complexity index is 1080. The number of likely N-dealkylation sites (tertiary alicyclic amines) is 1. The van der Waals surface area contributed by atoms with Crippen LogP contribution in [0.2, 0.25) is 0 Å². The molecule has 2 aromatic carbocycles. The molecule has 0 unspecified atom stereocenters. The van der Waals surface area contributed by atoms with Crippen molar-refractivity contribution in [1.82, 2.24) is 14.7 Å². The smallest absolute Gasteiger partial charge is 0.320 e. The number of hydrogen-bond donors (Lipinski definition) is 2. The fourth-order valence-electron chi connectivity index (χ4n) is 4.23. The van der Waals surface area contributed by atoms with Crippen LogP contribution in [0.15, 0.2) is 36.4 Å². The zero-order valence-corrected chi connectivity index (χ0v) is 18.6. The Labute approximate surface area is 195 Å². The molecule has 0 spiro atoms. The lowest BCUT2D eigenvalue weighted by Crippen LogP contribution is -2.54. The number of nitrogens with zero attached hydrogens (tertiary/aromatic N) is 3. The lowest BCUT2D eigenvalue weighted by molar-refractivity contribution is 0.0630. The minimum atomic E-state index is -0.883. The maximum absolute atomic E-state index is 13.3. The Morgan fingerprint density at radius 3 is 1.97 bits per heavy atom. The molecule has 2 fully saturated rings. The van der Waals surface area contributed by atoms with Gasteiger partial charge in [-0.25, -0.2) is 13.6 Å². The molecule has 8 nitrogen and oxygen atoms in total. The summed E-state index contributed by atoms with van der Waals surface area (Å²) in [5.74, 6) is -3.24. The summed E-state index contributed by atoms with van der Waals surface area (Å²) in [6, 6.07) is 6.47. The molecule has 2 N–H and O–H groups in total. The predicted octanol–water partition coefficient (Wildman–Crippen LogP) is 3.29. The van der Waals surface area contributed by atoms with Gasteiger partial charge in [-0.2, -0.15) is 0 Å². The van der Waals surface area contributed by atoms with Gasteiger partial charge in [0.1, 0.15) is 17.4 Å². The number of piperidine rings is 1. The normalized spacial score (nSPS) is 16.4. The highest BCUT2D eigenvalue weighted by Gasteiger charge is 2.29. The van der Waals surface area contributed by atoms with E-state index in [1.807, 2.05) is 4.90 Å². The number of anilines is 1. The summed E-state index contributed by atoms with van der Waals surface area (Å²) in [7, 11) is 0. The standard InChI is InChI=1S/C24H26F2N4O4/c25-17-12-16(13-18(26)14-17)22(32)27-19-4-5-20(21(31)15-19)23(33)28-8-10-30(11-9-28)24(34)29-6-2-1-3-7-29/h4-5,12-15,31H,1-3,6-11H2,(H,27,32). The van der Waals surface area contributed by atoms with Crippen LogP contribution in [0.5, 0.6) is 5.75 Å². The molecule has 2 aliphatic heterocycles. The zero-order chi connectivity index (χ0) is 24.2. The highest BCUT2D eigenvalue weighted by atomic mass is 19.1. The van der Waals surface area contributed by atoms with Gasteiger partial charge in [-0.05, 0) is 43.5 Å². The predicted molar refractivity (Wildman–Crippen MR) is 121 cm³/mol. The van der Waals surface area contributed by atoms with Crippen molar-refractivity contribution in [2.45, 2.75) is 19.3 Å². The second-order valence-electron chi connectivity index (χ2n) is 8.45. The lowest BCUT2D eigenvalue weighted by atomic mass is 10.1. The number of rotatable bonds is 3. The largest absolute Gasteiger partial charge is 0.507 e. The first-order valence-corrected chi connectivity index (χ1v) is 11.3. The van der Waals surface area contributed by atoms with E-state index >= 15 is 0 Å². The van der Waals surface area contributed by atoms with Gasteiger partial charge in [0.25, 0.3) is 11.8 Å². The van der Waals surface area contributed by atoms with Crippen LogP contribution in [-0.4, -0.2) is 76.9 Å². The van der Waals surface area contributed by atoms with Crippen molar-refractivity contribution in [3.63, 3.8) is 0 Å². The van der Waals surface area contributed by atoms with Crippen LogP contribution in [0.25, 0.3) is 0 Å². The van der Waals surface area contributed by atoms with Crippen molar-refractivity contribution in [3.8, 4) is 5.75 Å². The van der Waals surface area contributed by atoms with Crippen molar-refractivity contribution in [1.29, 1.82) is 0 Å². The average molecular weight is 472 g/mol.